The Morgan fingerprint density at radius 2 is 1.68 bits per heavy atom. The molecule has 2 N–H and O–H groups in total. The van der Waals surface area contributed by atoms with Crippen molar-refractivity contribution in [3.05, 3.63) is 29.8 Å². The van der Waals surface area contributed by atoms with Crippen LogP contribution in [0.25, 0.3) is 0 Å². The number of nitrogens with one attached hydrogen (secondary N) is 2. The fraction of sp³-hybridized carbons (Fsp3) is 0.690. The molecule has 2 saturated carbocycles. The van der Waals surface area contributed by atoms with Gasteiger partial charge in [0.05, 0.1) is 6.04 Å². The average molecular weight is 524 g/mol. The molecule has 5 fully saturated rings. The summed E-state index contributed by atoms with van der Waals surface area (Å²) in [6.45, 7) is 4.66. The van der Waals surface area contributed by atoms with Gasteiger partial charge in [0.25, 0.3) is 5.91 Å². The topological polar surface area (TPSA) is 94.2 Å². The summed E-state index contributed by atoms with van der Waals surface area (Å²) in [6.07, 6.45) is 7.70. The number of hydrogen-bond acceptors (Lipinski definition) is 7. The Kier molecular flexibility index (Phi) is 7.18. The van der Waals surface area contributed by atoms with Crippen molar-refractivity contribution < 1.29 is 19.1 Å². The van der Waals surface area contributed by atoms with Crippen LogP contribution in [0.2, 0.25) is 0 Å². The fourth-order valence-corrected chi connectivity index (χ4v) is 7.15. The number of nitrogens with zero attached hydrogens (tertiary/aromatic N) is 3. The van der Waals surface area contributed by atoms with Crippen molar-refractivity contribution in [3.8, 4) is 0 Å². The van der Waals surface area contributed by atoms with E-state index in [0.29, 0.717) is 24.9 Å². The molecule has 0 unspecified atom stereocenters. The number of anilines is 1. The van der Waals surface area contributed by atoms with Gasteiger partial charge in [-0.3, -0.25) is 19.3 Å². The Morgan fingerprint density at radius 1 is 0.974 bits per heavy atom. The monoisotopic (exact) mass is 523 g/mol. The predicted molar refractivity (Wildman–Crippen MR) is 144 cm³/mol. The number of likely N-dealkylation sites (N-methyl/N-ethyl adjacent to an activating group) is 1. The van der Waals surface area contributed by atoms with Crippen LogP contribution < -0.4 is 15.5 Å². The van der Waals surface area contributed by atoms with Crippen LogP contribution in [0, 0.1) is 0 Å². The summed E-state index contributed by atoms with van der Waals surface area (Å²) in [4.78, 5) is 46.9. The third-order valence-electron chi connectivity index (χ3n) is 9.69. The summed E-state index contributed by atoms with van der Waals surface area (Å²) in [6, 6.07) is 7.94. The molecule has 0 radical (unpaired) electrons. The molecule has 5 aliphatic rings. The zero-order valence-electron chi connectivity index (χ0n) is 22.5. The largest absolute Gasteiger partial charge is 0.369 e. The highest BCUT2D eigenvalue weighted by molar-refractivity contribution is 6.01. The van der Waals surface area contributed by atoms with Crippen molar-refractivity contribution in [1.29, 1.82) is 0 Å². The van der Waals surface area contributed by atoms with Crippen molar-refractivity contribution in [2.45, 2.75) is 81.1 Å². The first-order chi connectivity index (χ1) is 18.5. The third-order valence-corrected chi connectivity index (χ3v) is 9.69. The highest BCUT2D eigenvalue weighted by Gasteiger charge is 2.55. The Bertz CT molecular complexity index is 1040. The number of ketones is 1. The van der Waals surface area contributed by atoms with Gasteiger partial charge < -0.3 is 25.2 Å². The van der Waals surface area contributed by atoms with Gasteiger partial charge in [0.15, 0.2) is 5.78 Å². The zero-order chi connectivity index (χ0) is 26.3. The number of ether oxygens (including phenoxy) is 1. The molecule has 1 aromatic carbocycles. The molecule has 3 heterocycles. The average Bonchev–Trinajstić information content (AvgIpc) is 3.48. The normalized spacial score (nSPS) is 29.7. The van der Waals surface area contributed by atoms with Crippen LogP contribution in [-0.4, -0.2) is 104 Å². The lowest BCUT2D eigenvalue weighted by Gasteiger charge is -2.43. The summed E-state index contributed by atoms with van der Waals surface area (Å²) < 4.78 is 5.73. The minimum atomic E-state index is -0.984. The molecule has 0 spiro atoms. The molecule has 6 rings (SSSR count). The zero-order valence-corrected chi connectivity index (χ0v) is 22.5. The molecule has 206 valence electrons. The minimum Gasteiger partial charge on any atom is -0.369 e. The number of carbonyl (C=O) groups is 3. The van der Waals surface area contributed by atoms with Gasteiger partial charge in [-0.05, 0) is 57.0 Å². The van der Waals surface area contributed by atoms with E-state index >= 15 is 0 Å². The van der Waals surface area contributed by atoms with E-state index in [0.717, 1.165) is 57.2 Å². The molecule has 3 aliphatic heterocycles. The molecule has 3 atom stereocenters. The summed E-state index contributed by atoms with van der Waals surface area (Å²) in [5, 5.41) is 6.36. The van der Waals surface area contributed by atoms with Gasteiger partial charge >= 0.3 is 0 Å². The van der Waals surface area contributed by atoms with Crippen molar-refractivity contribution in [2.24, 2.45) is 0 Å². The molecule has 38 heavy (non-hydrogen) atoms. The first-order valence-corrected chi connectivity index (χ1v) is 14.5. The van der Waals surface area contributed by atoms with E-state index in [2.05, 4.69) is 20.4 Å². The number of rotatable bonds is 6. The molecule has 9 heteroatoms. The van der Waals surface area contributed by atoms with E-state index in [-0.39, 0.29) is 36.4 Å². The number of amides is 2. The molecule has 9 nitrogen and oxygen atoms in total. The molecule has 2 amide bonds. The first-order valence-electron chi connectivity index (χ1n) is 14.5. The molecule has 0 aromatic heterocycles. The fourth-order valence-electron chi connectivity index (χ4n) is 7.15. The molecule has 0 bridgehead atoms. The van der Waals surface area contributed by atoms with Gasteiger partial charge in [-0.1, -0.05) is 25.7 Å². The van der Waals surface area contributed by atoms with Gasteiger partial charge in [-0.15, -0.1) is 0 Å². The predicted octanol–water partition coefficient (Wildman–Crippen LogP) is 1.56. The number of carbonyl (C=O) groups excluding carboxylic acids is 3. The van der Waals surface area contributed by atoms with Gasteiger partial charge in [0.2, 0.25) is 5.91 Å². The standard InChI is InChI=1S/C29H41N5O4/c1-30-23-18-34(25-24(35)19-38-26(23)25)28(37)29(12-3-2-4-13-29)31-27(36)20-8-10-22(11-9-20)33-16-14-32(15-17-33)21-6-5-7-21/h8-11,21,23,25-26,30H,2-7,12-19H2,1H3,(H,31,36)/t23-,25+,26+/m0/s1. The lowest BCUT2D eigenvalue weighted by Crippen LogP contribution is -2.62. The van der Waals surface area contributed by atoms with E-state index in [1.165, 1.54) is 19.3 Å². The first kappa shape index (κ1) is 25.8. The van der Waals surface area contributed by atoms with Crippen LogP contribution in [-0.2, 0) is 14.3 Å². The quantitative estimate of drug-likeness (QED) is 0.585. The SMILES string of the molecule is CN[C@H]1CN(C(=O)C2(NC(=O)c3ccc(N4CCN(C5CCC5)CC4)cc3)CCCCC2)[C@@H]2C(=O)CO[C@H]12. The van der Waals surface area contributed by atoms with E-state index in [9.17, 15) is 14.4 Å². The number of hydrogen-bond donors (Lipinski definition) is 2. The molecular weight excluding hydrogens is 482 g/mol. The van der Waals surface area contributed by atoms with Crippen LogP contribution in [0.15, 0.2) is 24.3 Å². The van der Waals surface area contributed by atoms with Gasteiger partial charge in [0, 0.05) is 50.0 Å². The van der Waals surface area contributed by atoms with Gasteiger partial charge in [-0.25, -0.2) is 0 Å². The molecule has 2 aliphatic carbocycles. The van der Waals surface area contributed by atoms with Crippen LogP contribution in [0.4, 0.5) is 5.69 Å². The lowest BCUT2D eigenvalue weighted by atomic mass is 9.80. The summed E-state index contributed by atoms with van der Waals surface area (Å²) in [7, 11) is 1.83. The summed E-state index contributed by atoms with van der Waals surface area (Å²) in [5.74, 6) is -0.419. The van der Waals surface area contributed by atoms with E-state index < -0.39 is 11.6 Å². The minimum absolute atomic E-state index is 0.0403. The van der Waals surface area contributed by atoms with Crippen LogP contribution >= 0.6 is 0 Å². The van der Waals surface area contributed by atoms with Crippen LogP contribution in [0.3, 0.4) is 0 Å². The highest BCUT2D eigenvalue weighted by Crippen LogP contribution is 2.35. The Balaban J connectivity index is 1.14. The van der Waals surface area contributed by atoms with Crippen LogP contribution in [0.5, 0.6) is 0 Å². The summed E-state index contributed by atoms with van der Waals surface area (Å²) in [5.41, 5.74) is 0.716. The number of likely N-dealkylation sites (tertiary alicyclic amines) is 1. The van der Waals surface area contributed by atoms with E-state index in [1.54, 1.807) is 4.90 Å². The number of piperazine rings is 1. The number of fused-ring (bicyclic) bond motifs is 1. The smallest absolute Gasteiger partial charge is 0.252 e. The maximum Gasteiger partial charge on any atom is 0.252 e. The Hall–Kier alpha value is -2.49. The molecule has 1 aromatic rings. The molecule has 3 saturated heterocycles. The third kappa shape index (κ3) is 4.62. The molecular formula is C29H41N5O4. The van der Waals surface area contributed by atoms with Crippen LogP contribution in [0.1, 0.15) is 61.7 Å². The Morgan fingerprint density at radius 3 is 2.32 bits per heavy atom. The van der Waals surface area contributed by atoms with Crippen molar-refractivity contribution >= 4 is 23.3 Å². The van der Waals surface area contributed by atoms with Crippen molar-refractivity contribution in [3.63, 3.8) is 0 Å². The van der Waals surface area contributed by atoms with Crippen molar-refractivity contribution in [2.75, 3.05) is 51.3 Å². The second kappa shape index (κ2) is 10.6. The summed E-state index contributed by atoms with van der Waals surface area (Å²) >= 11 is 0. The maximum absolute atomic E-state index is 14.1. The van der Waals surface area contributed by atoms with E-state index in [1.807, 2.05) is 31.3 Å². The number of benzene rings is 1. The van der Waals surface area contributed by atoms with Crippen molar-refractivity contribution in [1.82, 2.24) is 20.4 Å². The Labute approximate surface area is 225 Å². The second-order valence-electron chi connectivity index (χ2n) is 11.8. The number of Topliss-reactive ketones (excluding diaryl/α,β-unsaturated/α-hetero) is 1. The van der Waals surface area contributed by atoms with Gasteiger partial charge in [0.1, 0.15) is 24.3 Å². The van der Waals surface area contributed by atoms with Gasteiger partial charge in [-0.2, -0.15) is 0 Å². The second-order valence-corrected chi connectivity index (χ2v) is 11.8. The maximum atomic E-state index is 14.1. The van der Waals surface area contributed by atoms with E-state index in [4.69, 9.17) is 4.74 Å². The highest BCUT2D eigenvalue weighted by atomic mass is 16.5. The lowest BCUT2D eigenvalue weighted by molar-refractivity contribution is -0.143.